The van der Waals surface area contributed by atoms with Crippen LogP contribution >= 0.6 is 15.9 Å². The Hall–Kier alpha value is -1.89. The Morgan fingerprint density at radius 2 is 2.27 bits per heavy atom. The molecule has 0 aromatic carbocycles. The number of anilines is 1. The van der Waals surface area contributed by atoms with Crippen LogP contribution in [0.15, 0.2) is 35.5 Å². The number of carbonyl (C=O) groups excluding carboxylic acids is 1. The number of hydrogen-bond acceptors (Lipinski definition) is 4. The summed E-state index contributed by atoms with van der Waals surface area (Å²) in [7, 11) is 1.82. The first-order chi connectivity index (χ1) is 10.6. The Morgan fingerprint density at radius 1 is 1.41 bits per heavy atom. The van der Waals surface area contributed by atoms with Crippen LogP contribution in [0.1, 0.15) is 23.3 Å². The molecule has 1 aliphatic heterocycles. The Kier molecular flexibility index (Phi) is 4.42. The van der Waals surface area contributed by atoms with Crippen molar-refractivity contribution in [1.82, 2.24) is 19.9 Å². The third-order valence-corrected chi connectivity index (χ3v) is 4.51. The highest BCUT2D eigenvalue weighted by molar-refractivity contribution is 9.10. The molecule has 0 spiro atoms. The van der Waals surface area contributed by atoms with E-state index in [4.69, 9.17) is 0 Å². The lowest BCUT2D eigenvalue weighted by Crippen LogP contribution is -2.48. The molecule has 0 saturated carbocycles. The smallest absolute Gasteiger partial charge is 0.269 e. The first kappa shape index (κ1) is 15.0. The summed E-state index contributed by atoms with van der Waals surface area (Å²) in [6, 6.07) is 2.13. The summed E-state index contributed by atoms with van der Waals surface area (Å²) in [6.45, 7) is 1.78. The third-order valence-electron chi connectivity index (χ3n) is 3.90. The number of pyridine rings is 1. The number of carbonyl (C=O) groups is 1. The number of nitrogens with zero attached hydrogens (tertiary/aromatic N) is 4. The summed E-state index contributed by atoms with van der Waals surface area (Å²) in [5.41, 5.74) is 1.71. The second-order valence-corrected chi connectivity index (χ2v) is 6.33. The molecule has 1 unspecified atom stereocenters. The van der Waals surface area contributed by atoms with Crippen LogP contribution in [0.4, 0.5) is 5.69 Å². The lowest BCUT2D eigenvalue weighted by molar-refractivity contribution is 0.0925. The minimum absolute atomic E-state index is 0.0688. The molecule has 3 rings (SSSR count). The van der Waals surface area contributed by atoms with E-state index in [-0.39, 0.29) is 11.9 Å². The maximum absolute atomic E-state index is 12.3. The van der Waals surface area contributed by atoms with Gasteiger partial charge >= 0.3 is 0 Å². The van der Waals surface area contributed by atoms with Crippen LogP contribution < -0.4 is 10.2 Å². The van der Waals surface area contributed by atoms with Crippen molar-refractivity contribution in [2.45, 2.75) is 18.9 Å². The highest BCUT2D eigenvalue weighted by Crippen LogP contribution is 2.27. The topological polar surface area (TPSA) is 63.1 Å². The monoisotopic (exact) mass is 363 g/mol. The van der Waals surface area contributed by atoms with Crippen LogP contribution in [0.3, 0.4) is 0 Å². The van der Waals surface area contributed by atoms with Gasteiger partial charge in [-0.3, -0.25) is 9.78 Å². The standard InChI is InChI=1S/C15H18BrN5O/c1-20-10-18-8-14(20)15(22)19-11-3-2-6-21(9-11)13-4-5-17-7-12(13)16/h4-5,7-8,10-11H,2-3,6,9H2,1H3,(H,19,22). The van der Waals surface area contributed by atoms with Gasteiger partial charge in [0.05, 0.1) is 22.7 Å². The van der Waals surface area contributed by atoms with E-state index in [0.717, 1.165) is 36.1 Å². The molecular formula is C15H18BrN5O. The molecule has 2 aromatic rings. The van der Waals surface area contributed by atoms with Crippen LogP contribution in [-0.2, 0) is 7.05 Å². The fourth-order valence-electron chi connectivity index (χ4n) is 2.77. The van der Waals surface area contributed by atoms with Gasteiger partial charge in [-0.05, 0) is 34.8 Å². The fourth-order valence-corrected chi connectivity index (χ4v) is 3.27. The molecule has 116 valence electrons. The van der Waals surface area contributed by atoms with Gasteiger partial charge < -0.3 is 14.8 Å². The Labute approximate surface area is 137 Å². The van der Waals surface area contributed by atoms with Gasteiger partial charge in [0, 0.05) is 38.6 Å². The number of rotatable bonds is 3. The summed E-state index contributed by atoms with van der Waals surface area (Å²) in [6.07, 6.45) is 8.85. The Bertz CT molecular complexity index is 671. The molecule has 2 aromatic heterocycles. The number of amides is 1. The van der Waals surface area contributed by atoms with Crippen molar-refractivity contribution < 1.29 is 4.79 Å². The molecule has 1 amide bonds. The van der Waals surface area contributed by atoms with Crippen molar-refractivity contribution in [2.24, 2.45) is 7.05 Å². The van der Waals surface area contributed by atoms with E-state index in [1.165, 1.54) is 0 Å². The summed E-state index contributed by atoms with van der Waals surface area (Å²) < 4.78 is 2.71. The predicted molar refractivity (Wildman–Crippen MR) is 87.8 cm³/mol. The van der Waals surface area contributed by atoms with Crippen LogP contribution in [0.25, 0.3) is 0 Å². The van der Waals surface area contributed by atoms with E-state index in [9.17, 15) is 4.79 Å². The van der Waals surface area contributed by atoms with Crippen molar-refractivity contribution in [3.8, 4) is 0 Å². The zero-order chi connectivity index (χ0) is 15.5. The van der Waals surface area contributed by atoms with Crippen LogP contribution in [0.2, 0.25) is 0 Å². The average Bonchev–Trinajstić information content (AvgIpc) is 2.94. The van der Waals surface area contributed by atoms with Crippen LogP contribution in [0.5, 0.6) is 0 Å². The minimum atomic E-state index is -0.0688. The first-order valence-corrected chi connectivity index (χ1v) is 8.06. The molecule has 1 N–H and O–H groups in total. The maximum atomic E-state index is 12.3. The van der Waals surface area contributed by atoms with Gasteiger partial charge in [0.25, 0.3) is 5.91 Å². The largest absolute Gasteiger partial charge is 0.368 e. The molecule has 3 heterocycles. The lowest BCUT2D eigenvalue weighted by Gasteiger charge is -2.35. The number of halogens is 1. The summed E-state index contributed by atoms with van der Waals surface area (Å²) in [5.74, 6) is -0.0688. The quantitative estimate of drug-likeness (QED) is 0.905. The number of piperidine rings is 1. The molecule has 7 heteroatoms. The zero-order valence-electron chi connectivity index (χ0n) is 12.4. The molecule has 1 aliphatic rings. The number of imidazole rings is 1. The Morgan fingerprint density at radius 3 is 3.00 bits per heavy atom. The summed E-state index contributed by atoms with van der Waals surface area (Å²) >= 11 is 3.54. The highest BCUT2D eigenvalue weighted by atomic mass is 79.9. The number of aromatic nitrogens is 3. The second-order valence-electron chi connectivity index (χ2n) is 5.48. The number of hydrogen-bond donors (Lipinski definition) is 1. The molecule has 22 heavy (non-hydrogen) atoms. The van der Waals surface area contributed by atoms with Crippen molar-refractivity contribution in [3.63, 3.8) is 0 Å². The molecule has 1 atom stereocenters. The Balaban J connectivity index is 1.68. The molecule has 0 aliphatic carbocycles. The van der Waals surface area contributed by atoms with E-state index in [1.54, 1.807) is 29.5 Å². The van der Waals surface area contributed by atoms with Gasteiger partial charge in [0.2, 0.25) is 0 Å². The molecule has 1 fully saturated rings. The highest BCUT2D eigenvalue weighted by Gasteiger charge is 2.23. The summed E-state index contributed by atoms with van der Waals surface area (Å²) in [4.78, 5) is 22.7. The first-order valence-electron chi connectivity index (χ1n) is 7.27. The third kappa shape index (κ3) is 3.14. The van der Waals surface area contributed by atoms with Crippen molar-refractivity contribution >= 4 is 27.5 Å². The van der Waals surface area contributed by atoms with E-state index in [1.807, 2.05) is 13.1 Å². The zero-order valence-corrected chi connectivity index (χ0v) is 14.0. The average molecular weight is 364 g/mol. The van der Waals surface area contributed by atoms with Crippen molar-refractivity contribution in [3.05, 3.63) is 41.2 Å². The lowest BCUT2D eigenvalue weighted by atomic mass is 10.0. The van der Waals surface area contributed by atoms with Gasteiger partial charge in [-0.2, -0.15) is 0 Å². The molecule has 0 bridgehead atoms. The van der Waals surface area contributed by atoms with E-state index in [2.05, 4.69) is 36.1 Å². The number of aryl methyl sites for hydroxylation is 1. The fraction of sp³-hybridized carbons (Fsp3) is 0.400. The van der Waals surface area contributed by atoms with Gasteiger partial charge in [-0.15, -0.1) is 0 Å². The van der Waals surface area contributed by atoms with E-state index < -0.39 is 0 Å². The summed E-state index contributed by atoms with van der Waals surface area (Å²) in [5, 5.41) is 3.11. The normalized spacial score (nSPS) is 18.3. The number of nitrogens with one attached hydrogen (secondary N) is 1. The molecular weight excluding hydrogens is 346 g/mol. The SMILES string of the molecule is Cn1cncc1C(=O)NC1CCCN(c2ccncc2Br)C1. The van der Waals surface area contributed by atoms with Gasteiger partial charge in [-0.1, -0.05) is 0 Å². The predicted octanol–water partition coefficient (Wildman–Crippen LogP) is 1.98. The van der Waals surface area contributed by atoms with Crippen molar-refractivity contribution in [1.29, 1.82) is 0 Å². The minimum Gasteiger partial charge on any atom is -0.368 e. The van der Waals surface area contributed by atoms with Gasteiger partial charge in [-0.25, -0.2) is 4.98 Å². The van der Waals surface area contributed by atoms with E-state index >= 15 is 0 Å². The van der Waals surface area contributed by atoms with Crippen LogP contribution in [-0.4, -0.2) is 39.6 Å². The van der Waals surface area contributed by atoms with Gasteiger partial charge in [0.1, 0.15) is 5.69 Å². The molecule has 6 nitrogen and oxygen atoms in total. The van der Waals surface area contributed by atoms with Gasteiger partial charge in [0.15, 0.2) is 0 Å². The molecule has 1 saturated heterocycles. The van der Waals surface area contributed by atoms with E-state index in [0.29, 0.717) is 5.69 Å². The van der Waals surface area contributed by atoms with Crippen molar-refractivity contribution in [2.75, 3.05) is 18.0 Å². The maximum Gasteiger partial charge on any atom is 0.269 e. The second kappa shape index (κ2) is 6.48. The molecule has 0 radical (unpaired) electrons. The van der Waals surface area contributed by atoms with Crippen LogP contribution in [0, 0.1) is 0 Å².